The number of nitrogens with zero attached hydrogens (tertiary/aromatic N) is 4. The molecule has 1 saturated heterocycles. The molecular weight excluding hydrogens is 270 g/mol. The van der Waals surface area contributed by atoms with E-state index in [-0.39, 0.29) is 10.6 Å². The quantitative estimate of drug-likeness (QED) is 0.614. The average molecular weight is 293 g/mol. The fourth-order valence-electron chi connectivity index (χ4n) is 2.81. The Morgan fingerprint density at radius 3 is 2.90 bits per heavy atom. The van der Waals surface area contributed by atoms with Crippen molar-refractivity contribution in [2.45, 2.75) is 39.5 Å². The molecule has 1 unspecified atom stereocenters. The average Bonchev–Trinajstić information content (AvgIpc) is 2.93. The van der Waals surface area contributed by atoms with E-state index >= 15 is 0 Å². The van der Waals surface area contributed by atoms with E-state index in [1.54, 1.807) is 0 Å². The molecular formula is C14H23N5O2. The topological polar surface area (TPSA) is 84.2 Å². The van der Waals surface area contributed by atoms with Crippen LogP contribution in [0, 0.1) is 16.0 Å². The van der Waals surface area contributed by atoms with Crippen molar-refractivity contribution < 1.29 is 4.92 Å². The molecule has 2 rings (SSSR count). The molecule has 1 aromatic rings. The van der Waals surface area contributed by atoms with Gasteiger partial charge in [-0.05, 0) is 25.2 Å². The Hall–Kier alpha value is -1.92. The highest BCUT2D eigenvalue weighted by atomic mass is 16.6. The van der Waals surface area contributed by atoms with Crippen molar-refractivity contribution in [3.8, 4) is 0 Å². The van der Waals surface area contributed by atoms with Crippen LogP contribution in [0.1, 0.15) is 39.5 Å². The van der Waals surface area contributed by atoms with Crippen LogP contribution >= 0.6 is 0 Å². The van der Waals surface area contributed by atoms with Crippen LogP contribution in [0.2, 0.25) is 0 Å². The predicted molar refractivity (Wildman–Crippen MR) is 82.7 cm³/mol. The molecule has 0 radical (unpaired) electrons. The van der Waals surface area contributed by atoms with Crippen LogP contribution in [0.25, 0.3) is 0 Å². The van der Waals surface area contributed by atoms with Gasteiger partial charge >= 0.3 is 5.69 Å². The smallest absolute Gasteiger partial charge is 0.353 e. The highest BCUT2D eigenvalue weighted by Crippen LogP contribution is 2.35. The van der Waals surface area contributed by atoms with Gasteiger partial charge in [-0.3, -0.25) is 10.1 Å². The van der Waals surface area contributed by atoms with Crippen LogP contribution in [0.5, 0.6) is 0 Å². The lowest BCUT2D eigenvalue weighted by molar-refractivity contribution is -0.383. The maximum Gasteiger partial charge on any atom is 0.353 e. The van der Waals surface area contributed by atoms with E-state index in [4.69, 9.17) is 0 Å². The van der Waals surface area contributed by atoms with E-state index < -0.39 is 0 Å². The van der Waals surface area contributed by atoms with Gasteiger partial charge in [0.15, 0.2) is 0 Å². The van der Waals surface area contributed by atoms with Crippen LogP contribution in [0.15, 0.2) is 6.33 Å². The first-order valence-electron chi connectivity index (χ1n) is 7.65. The minimum absolute atomic E-state index is 0.00287. The van der Waals surface area contributed by atoms with Gasteiger partial charge in [-0.2, -0.15) is 0 Å². The second-order valence-electron chi connectivity index (χ2n) is 5.47. The van der Waals surface area contributed by atoms with Crippen molar-refractivity contribution in [2.75, 3.05) is 29.9 Å². The number of hydrogen-bond donors (Lipinski definition) is 1. The van der Waals surface area contributed by atoms with Gasteiger partial charge in [-0.1, -0.05) is 20.3 Å². The molecule has 1 aliphatic rings. The van der Waals surface area contributed by atoms with Gasteiger partial charge in [0, 0.05) is 19.6 Å². The number of nitrogens with one attached hydrogen (secondary N) is 1. The highest BCUT2D eigenvalue weighted by Gasteiger charge is 2.31. The van der Waals surface area contributed by atoms with Crippen LogP contribution in [-0.2, 0) is 0 Å². The Kier molecular flexibility index (Phi) is 5.30. The van der Waals surface area contributed by atoms with Crippen LogP contribution in [0.4, 0.5) is 17.3 Å². The van der Waals surface area contributed by atoms with E-state index in [9.17, 15) is 10.1 Å². The molecule has 1 aromatic heterocycles. The van der Waals surface area contributed by atoms with Crippen molar-refractivity contribution >= 4 is 17.3 Å². The summed E-state index contributed by atoms with van der Waals surface area (Å²) < 4.78 is 0. The molecule has 1 N–H and O–H groups in total. The Morgan fingerprint density at radius 1 is 1.43 bits per heavy atom. The number of rotatable bonds is 7. The molecule has 0 aliphatic carbocycles. The third-order valence-electron chi connectivity index (χ3n) is 3.81. The lowest BCUT2D eigenvalue weighted by atomic mass is 10.0. The molecule has 0 saturated carbocycles. The molecule has 0 bridgehead atoms. The van der Waals surface area contributed by atoms with Gasteiger partial charge in [-0.25, -0.2) is 9.97 Å². The molecule has 1 aliphatic heterocycles. The number of nitro groups is 1. The van der Waals surface area contributed by atoms with Gasteiger partial charge in [0.25, 0.3) is 0 Å². The highest BCUT2D eigenvalue weighted by molar-refractivity contribution is 5.70. The second-order valence-corrected chi connectivity index (χ2v) is 5.47. The maximum atomic E-state index is 11.4. The van der Waals surface area contributed by atoms with Gasteiger partial charge in [0.05, 0.1) is 4.92 Å². The summed E-state index contributed by atoms with van der Waals surface area (Å²) >= 11 is 0. The molecule has 0 amide bonds. The Morgan fingerprint density at radius 2 is 2.24 bits per heavy atom. The zero-order valence-corrected chi connectivity index (χ0v) is 12.7. The molecule has 2 heterocycles. The van der Waals surface area contributed by atoms with E-state index in [0.29, 0.717) is 24.1 Å². The molecule has 0 spiro atoms. The van der Waals surface area contributed by atoms with Crippen molar-refractivity contribution in [1.29, 1.82) is 0 Å². The van der Waals surface area contributed by atoms with Crippen LogP contribution < -0.4 is 10.2 Å². The van der Waals surface area contributed by atoms with E-state index in [2.05, 4.69) is 22.2 Å². The Balaban J connectivity index is 2.24. The number of hydrogen-bond acceptors (Lipinski definition) is 6. The first-order valence-corrected chi connectivity index (χ1v) is 7.65. The summed E-state index contributed by atoms with van der Waals surface area (Å²) in [7, 11) is 0. The largest absolute Gasteiger partial charge is 0.364 e. The van der Waals surface area contributed by atoms with Crippen molar-refractivity contribution in [2.24, 2.45) is 5.92 Å². The molecule has 1 atom stereocenters. The third-order valence-corrected chi connectivity index (χ3v) is 3.81. The van der Waals surface area contributed by atoms with Crippen molar-refractivity contribution in [1.82, 2.24) is 9.97 Å². The molecule has 116 valence electrons. The first kappa shape index (κ1) is 15.5. The molecule has 1 fully saturated rings. The van der Waals surface area contributed by atoms with Gasteiger partial charge in [-0.15, -0.1) is 0 Å². The van der Waals surface area contributed by atoms with Crippen LogP contribution in [-0.4, -0.2) is 34.5 Å². The summed E-state index contributed by atoms with van der Waals surface area (Å²) in [4.78, 5) is 21.3. The second kappa shape index (κ2) is 7.19. The lowest BCUT2D eigenvalue weighted by Gasteiger charge is -2.18. The SMILES string of the molecule is CCCNc1ncnc(N2CCC(CCC)C2)c1[N+](=O)[O-]. The molecule has 21 heavy (non-hydrogen) atoms. The number of anilines is 2. The Bertz CT molecular complexity index is 494. The van der Waals surface area contributed by atoms with Gasteiger partial charge < -0.3 is 10.2 Å². The standard InChI is InChI=1S/C14H23N5O2/c1-3-5-11-6-8-18(9-11)14-12(19(20)21)13(15-7-4-2)16-10-17-14/h10-11H,3-9H2,1-2H3,(H,15,16,17). The summed E-state index contributed by atoms with van der Waals surface area (Å²) in [5, 5.41) is 14.5. The normalized spacial score (nSPS) is 18.0. The fourth-order valence-corrected chi connectivity index (χ4v) is 2.81. The maximum absolute atomic E-state index is 11.4. The van der Waals surface area contributed by atoms with Gasteiger partial charge in [0.1, 0.15) is 6.33 Å². The monoisotopic (exact) mass is 293 g/mol. The Labute approximate surface area is 124 Å². The molecule has 7 nitrogen and oxygen atoms in total. The van der Waals surface area contributed by atoms with Crippen molar-refractivity contribution in [3.05, 3.63) is 16.4 Å². The zero-order chi connectivity index (χ0) is 15.2. The summed E-state index contributed by atoms with van der Waals surface area (Å²) in [5.74, 6) is 1.38. The predicted octanol–water partition coefficient (Wildman–Crippen LogP) is 2.83. The minimum atomic E-state index is -0.375. The zero-order valence-electron chi connectivity index (χ0n) is 12.7. The lowest BCUT2D eigenvalue weighted by Crippen LogP contribution is -2.23. The third kappa shape index (κ3) is 3.59. The minimum Gasteiger partial charge on any atom is -0.364 e. The van der Waals surface area contributed by atoms with Crippen molar-refractivity contribution in [3.63, 3.8) is 0 Å². The van der Waals surface area contributed by atoms with E-state index in [1.807, 2.05) is 11.8 Å². The molecule has 0 aromatic carbocycles. The summed E-state index contributed by atoms with van der Waals surface area (Å²) in [6, 6.07) is 0. The van der Waals surface area contributed by atoms with E-state index in [0.717, 1.165) is 38.8 Å². The first-order chi connectivity index (χ1) is 10.2. The summed E-state index contributed by atoms with van der Waals surface area (Å²) in [6.45, 7) is 6.52. The summed E-state index contributed by atoms with van der Waals surface area (Å²) in [5.41, 5.74) is 0.00287. The number of aromatic nitrogens is 2. The van der Waals surface area contributed by atoms with Crippen LogP contribution in [0.3, 0.4) is 0 Å². The summed E-state index contributed by atoms with van der Waals surface area (Å²) in [6.07, 6.45) is 5.68. The molecule has 7 heteroatoms. The van der Waals surface area contributed by atoms with E-state index in [1.165, 1.54) is 6.33 Å². The fraction of sp³-hybridized carbons (Fsp3) is 0.714. The van der Waals surface area contributed by atoms with Gasteiger partial charge in [0.2, 0.25) is 11.6 Å².